The zero-order valence-electron chi connectivity index (χ0n) is 17.0. The molecule has 1 aromatic carbocycles. The molecule has 1 amide bonds. The van der Waals surface area contributed by atoms with Crippen LogP contribution in [0, 0.1) is 0 Å². The van der Waals surface area contributed by atoms with Crippen LogP contribution in [-0.4, -0.2) is 67.1 Å². The van der Waals surface area contributed by atoms with Gasteiger partial charge in [0.1, 0.15) is 5.82 Å². The minimum Gasteiger partial charge on any atom is -0.369 e. The fourth-order valence-corrected chi connectivity index (χ4v) is 3.88. The lowest BCUT2D eigenvalue weighted by Crippen LogP contribution is -2.44. The number of nitrogens with one attached hydrogen (secondary N) is 1. The minimum atomic E-state index is -0.584. The molecule has 2 aromatic rings. The van der Waals surface area contributed by atoms with Gasteiger partial charge in [0.15, 0.2) is 11.5 Å². The number of anilines is 4. The Hall–Kier alpha value is -2.87. The summed E-state index contributed by atoms with van der Waals surface area (Å²) in [6, 6.07) is 8.21. The van der Waals surface area contributed by atoms with Gasteiger partial charge >= 0.3 is 0 Å². The van der Waals surface area contributed by atoms with E-state index in [0.29, 0.717) is 5.82 Å². The molecule has 29 heavy (non-hydrogen) atoms. The average molecular weight is 396 g/mol. The lowest BCUT2D eigenvalue weighted by molar-refractivity contribution is 0.0996. The summed E-state index contributed by atoms with van der Waals surface area (Å²) >= 11 is 0. The molecule has 0 saturated carbocycles. The van der Waals surface area contributed by atoms with Crippen molar-refractivity contribution in [2.75, 3.05) is 61.4 Å². The topological polar surface area (TPSA) is 90.6 Å². The predicted molar refractivity (Wildman–Crippen MR) is 116 cm³/mol. The molecule has 8 heteroatoms. The smallest absolute Gasteiger partial charge is 0.271 e. The molecule has 0 unspecified atom stereocenters. The Kier molecular flexibility index (Phi) is 5.80. The molecule has 8 nitrogen and oxygen atoms in total. The van der Waals surface area contributed by atoms with Crippen LogP contribution >= 0.6 is 0 Å². The van der Waals surface area contributed by atoms with Crippen molar-refractivity contribution in [3.63, 3.8) is 0 Å². The fraction of sp³-hybridized carbons (Fsp3) is 0.476. The largest absolute Gasteiger partial charge is 0.369 e. The highest BCUT2D eigenvalue weighted by Crippen LogP contribution is 2.25. The van der Waals surface area contributed by atoms with Crippen LogP contribution in [0.15, 0.2) is 30.5 Å². The van der Waals surface area contributed by atoms with Gasteiger partial charge in [0.2, 0.25) is 0 Å². The second-order valence-corrected chi connectivity index (χ2v) is 7.80. The predicted octanol–water partition coefficient (Wildman–Crippen LogP) is 2.06. The van der Waals surface area contributed by atoms with Crippen LogP contribution in [0.2, 0.25) is 0 Å². The van der Waals surface area contributed by atoms with E-state index in [4.69, 9.17) is 5.73 Å². The molecule has 0 bridgehead atoms. The molecule has 0 radical (unpaired) electrons. The van der Waals surface area contributed by atoms with Gasteiger partial charge in [0.25, 0.3) is 5.91 Å². The first-order chi connectivity index (χ1) is 14.1. The third-order valence-electron chi connectivity index (χ3n) is 5.67. The minimum absolute atomic E-state index is 0.161. The van der Waals surface area contributed by atoms with Crippen molar-refractivity contribution < 1.29 is 4.79 Å². The number of carbonyl (C=O) groups is 1. The summed E-state index contributed by atoms with van der Waals surface area (Å²) in [5.74, 6) is 0.610. The number of aromatic nitrogens is 2. The summed E-state index contributed by atoms with van der Waals surface area (Å²) in [5, 5.41) is 3.24. The second kappa shape index (κ2) is 8.65. The number of hydrogen-bond acceptors (Lipinski definition) is 7. The molecule has 0 atom stereocenters. The molecular weight excluding hydrogens is 366 g/mol. The third-order valence-corrected chi connectivity index (χ3v) is 5.67. The molecular formula is C21H29N7O. The standard InChI is InChI=1S/C21H29N7O/c1-26-11-13-27(14-12-26)17-7-5-16(6-8-17)24-21-19(20(22)29)23-15-18(25-21)28-9-3-2-4-10-28/h5-8,15H,2-4,9-14H2,1H3,(H2,22,29)(H,24,25). The number of amides is 1. The monoisotopic (exact) mass is 395 g/mol. The van der Waals surface area contributed by atoms with Gasteiger partial charge < -0.3 is 25.8 Å². The number of benzene rings is 1. The maximum absolute atomic E-state index is 11.8. The molecule has 0 aliphatic carbocycles. The van der Waals surface area contributed by atoms with Crippen LogP contribution in [0.1, 0.15) is 29.8 Å². The summed E-state index contributed by atoms with van der Waals surface area (Å²) in [5.41, 5.74) is 7.74. The highest BCUT2D eigenvalue weighted by Gasteiger charge is 2.18. The van der Waals surface area contributed by atoms with Crippen LogP contribution in [0.5, 0.6) is 0 Å². The summed E-state index contributed by atoms with van der Waals surface area (Å²) < 4.78 is 0. The molecule has 2 aliphatic heterocycles. The van der Waals surface area contributed by atoms with Crippen molar-refractivity contribution in [2.45, 2.75) is 19.3 Å². The highest BCUT2D eigenvalue weighted by atomic mass is 16.1. The van der Waals surface area contributed by atoms with E-state index in [9.17, 15) is 4.79 Å². The van der Waals surface area contributed by atoms with Crippen LogP contribution in [0.4, 0.5) is 23.0 Å². The number of nitrogens with two attached hydrogens (primary N) is 1. The number of likely N-dealkylation sites (N-methyl/N-ethyl adjacent to an activating group) is 1. The van der Waals surface area contributed by atoms with Crippen molar-refractivity contribution in [1.82, 2.24) is 14.9 Å². The number of rotatable bonds is 5. The van der Waals surface area contributed by atoms with Crippen molar-refractivity contribution in [2.24, 2.45) is 5.73 Å². The third kappa shape index (κ3) is 4.59. The van der Waals surface area contributed by atoms with E-state index in [-0.39, 0.29) is 5.69 Å². The van der Waals surface area contributed by atoms with Crippen LogP contribution in [0.25, 0.3) is 0 Å². The molecule has 1 aromatic heterocycles. The first-order valence-corrected chi connectivity index (χ1v) is 10.3. The van der Waals surface area contributed by atoms with Gasteiger partial charge in [-0.3, -0.25) is 4.79 Å². The maximum Gasteiger partial charge on any atom is 0.271 e. The number of primary amides is 1. The van der Waals surface area contributed by atoms with Crippen molar-refractivity contribution in [1.29, 1.82) is 0 Å². The zero-order chi connectivity index (χ0) is 20.2. The van der Waals surface area contributed by atoms with Gasteiger partial charge in [-0.1, -0.05) is 0 Å². The first kappa shape index (κ1) is 19.4. The molecule has 2 aliphatic rings. The molecule has 3 heterocycles. The molecule has 4 rings (SSSR count). The van der Waals surface area contributed by atoms with Gasteiger partial charge in [-0.25, -0.2) is 9.97 Å². The summed E-state index contributed by atoms with van der Waals surface area (Å²) in [7, 11) is 2.15. The Labute approximate surface area is 171 Å². The summed E-state index contributed by atoms with van der Waals surface area (Å²) in [6.45, 7) is 6.12. The maximum atomic E-state index is 11.8. The fourth-order valence-electron chi connectivity index (χ4n) is 3.88. The Morgan fingerprint density at radius 2 is 1.66 bits per heavy atom. The van der Waals surface area contributed by atoms with Crippen molar-refractivity contribution in [3.05, 3.63) is 36.2 Å². The number of carbonyl (C=O) groups excluding carboxylic acids is 1. The molecule has 2 saturated heterocycles. The van der Waals surface area contributed by atoms with Crippen LogP contribution in [-0.2, 0) is 0 Å². The van der Waals surface area contributed by atoms with Crippen LogP contribution in [0.3, 0.4) is 0 Å². The normalized spacial score (nSPS) is 18.0. The van der Waals surface area contributed by atoms with Gasteiger partial charge in [0, 0.05) is 50.6 Å². The summed E-state index contributed by atoms with van der Waals surface area (Å²) in [6.07, 6.45) is 5.19. The molecule has 2 fully saturated rings. The molecule has 0 spiro atoms. The van der Waals surface area contributed by atoms with E-state index in [1.54, 1.807) is 6.20 Å². The Morgan fingerprint density at radius 1 is 0.966 bits per heavy atom. The van der Waals surface area contributed by atoms with E-state index in [2.05, 4.69) is 49.2 Å². The van der Waals surface area contributed by atoms with E-state index in [1.165, 1.54) is 12.1 Å². The Morgan fingerprint density at radius 3 is 2.31 bits per heavy atom. The van der Waals surface area contributed by atoms with Gasteiger partial charge in [0.05, 0.1) is 6.20 Å². The SMILES string of the molecule is CN1CCN(c2ccc(Nc3nc(N4CCCCC4)cnc3C(N)=O)cc2)CC1. The number of nitrogens with zero attached hydrogens (tertiary/aromatic N) is 5. The van der Waals surface area contributed by atoms with E-state index in [1.807, 2.05) is 12.1 Å². The average Bonchev–Trinajstić information content (AvgIpc) is 2.75. The quantitative estimate of drug-likeness (QED) is 0.801. The molecule has 3 N–H and O–H groups in total. The number of hydrogen-bond donors (Lipinski definition) is 2. The first-order valence-electron chi connectivity index (χ1n) is 10.3. The van der Waals surface area contributed by atoms with Gasteiger partial charge in [-0.05, 0) is 50.6 Å². The Balaban J connectivity index is 1.52. The van der Waals surface area contributed by atoms with Gasteiger partial charge in [-0.2, -0.15) is 0 Å². The van der Waals surface area contributed by atoms with E-state index < -0.39 is 5.91 Å². The molecule has 154 valence electrons. The number of piperidine rings is 1. The number of piperazine rings is 1. The van der Waals surface area contributed by atoms with Crippen molar-refractivity contribution in [3.8, 4) is 0 Å². The lowest BCUT2D eigenvalue weighted by Gasteiger charge is -2.34. The lowest BCUT2D eigenvalue weighted by atomic mass is 10.1. The van der Waals surface area contributed by atoms with Crippen LogP contribution < -0.4 is 20.9 Å². The summed E-state index contributed by atoms with van der Waals surface area (Å²) in [4.78, 5) is 27.7. The zero-order valence-corrected chi connectivity index (χ0v) is 17.0. The Bertz CT molecular complexity index is 841. The highest BCUT2D eigenvalue weighted by molar-refractivity contribution is 5.96. The van der Waals surface area contributed by atoms with Gasteiger partial charge in [-0.15, -0.1) is 0 Å². The van der Waals surface area contributed by atoms with E-state index >= 15 is 0 Å². The van der Waals surface area contributed by atoms with Crippen molar-refractivity contribution >= 4 is 28.9 Å². The second-order valence-electron chi connectivity index (χ2n) is 7.80. The van der Waals surface area contributed by atoms with E-state index in [0.717, 1.165) is 63.6 Å².